The highest BCUT2D eigenvalue weighted by molar-refractivity contribution is 9.10. The SMILES string of the molecule is CC[C@H](C(=O)NN(C)C(Cc1ccc(Cl)cc1)c1cccc(Br)c1)c1ccccc1. The lowest BCUT2D eigenvalue weighted by molar-refractivity contribution is -0.128. The Labute approximate surface area is 192 Å². The van der Waals surface area contributed by atoms with Crippen LogP contribution < -0.4 is 5.43 Å². The average Bonchev–Trinajstić information content (AvgIpc) is 2.74. The molecular weight excluding hydrogens is 460 g/mol. The maximum atomic E-state index is 13.1. The van der Waals surface area contributed by atoms with Crippen molar-refractivity contribution in [1.29, 1.82) is 0 Å². The zero-order chi connectivity index (χ0) is 21.5. The van der Waals surface area contributed by atoms with Gasteiger partial charge in [-0.25, -0.2) is 5.01 Å². The van der Waals surface area contributed by atoms with Gasteiger partial charge in [0.2, 0.25) is 5.91 Å². The molecule has 0 aliphatic rings. The first-order valence-corrected chi connectivity index (χ1v) is 11.2. The Morgan fingerprint density at radius 2 is 1.67 bits per heavy atom. The monoisotopic (exact) mass is 484 g/mol. The number of nitrogens with one attached hydrogen (secondary N) is 1. The molecule has 0 saturated carbocycles. The molecule has 0 heterocycles. The maximum absolute atomic E-state index is 13.1. The van der Waals surface area contributed by atoms with Crippen LogP contribution in [0, 0.1) is 0 Å². The van der Waals surface area contributed by atoms with Gasteiger partial charge in [-0.2, -0.15) is 0 Å². The summed E-state index contributed by atoms with van der Waals surface area (Å²) in [5.41, 5.74) is 6.44. The van der Waals surface area contributed by atoms with E-state index in [9.17, 15) is 4.79 Å². The third-order valence-electron chi connectivity index (χ3n) is 5.26. The number of hydrogen-bond donors (Lipinski definition) is 1. The van der Waals surface area contributed by atoms with Crippen LogP contribution in [0.25, 0.3) is 0 Å². The molecule has 0 fully saturated rings. The number of likely N-dealkylation sites (N-methyl/N-ethyl adjacent to an activating group) is 1. The minimum atomic E-state index is -0.188. The summed E-state index contributed by atoms with van der Waals surface area (Å²) >= 11 is 9.62. The number of benzene rings is 3. The highest BCUT2D eigenvalue weighted by Crippen LogP contribution is 2.27. The molecule has 0 radical (unpaired) electrons. The molecule has 2 atom stereocenters. The molecule has 3 nitrogen and oxygen atoms in total. The molecule has 30 heavy (non-hydrogen) atoms. The molecule has 0 aromatic heterocycles. The predicted molar refractivity (Wildman–Crippen MR) is 127 cm³/mol. The Kier molecular flexibility index (Phi) is 8.08. The van der Waals surface area contributed by atoms with Crippen LogP contribution in [0.5, 0.6) is 0 Å². The molecular formula is C25H26BrClN2O. The minimum absolute atomic E-state index is 0.00213. The minimum Gasteiger partial charge on any atom is -0.288 e. The predicted octanol–water partition coefficient (Wildman–Crippen LogP) is 6.54. The van der Waals surface area contributed by atoms with Gasteiger partial charge in [-0.3, -0.25) is 10.2 Å². The van der Waals surface area contributed by atoms with Crippen LogP contribution in [0.1, 0.15) is 42.0 Å². The molecule has 1 N–H and O–H groups in total. The number of amides is 1. The second-order valence-corrected chi connectivity index (χ2v) is 8.71. The van der Waals surface area contributed by atoms with Crippen LogP contribution in [0.4, 0.5) is 0 Å². The van der Waals surface area contributed by atoms with Gasteiger partial charge in [0.1, 0.15) is 0 Å². The van der Waals surface area contributed by atoms with Crippen molar-refractivity contribution in [3.63, 3.8) is 0 Å². The number of rotatable bonds is 8. The van der Waals surface area contributed by atoms with Crippen molar-refractivity contribution in [2.75, 3.05) is 7.05 Å². The molecule has 1 unspecified atom stereocenters. The number of carbonyl (C=O) groups excluding carboxylic acids is 1. The second-order valence-electron chi connectivity index (χ2n) is 7.36. The van der Waals surface area contributed by atoms with E-state index in [1.54, 1.807) is 0 Å². The number of hydrogen-bond acceptors (Lipinski definition) is 2. The smallest absolute Gasteiger partial charge is 0.241 e. The Bertz CT molecular complexity index is 962. The molecule has 156 valence electrons. The highest BCUT2D eigenvalue weighted by Gasteiger charge is 2.24. The van der Waals surface area contributed by atoms with Crippen LogP contribution in [0.2, 0.25) is 5.02 Å². The van der Waals surface area contributed by atoms with Crippen LogP contribution in [0.3, 0.4) is 0 Å². The van der Waals surface area contributed by atoms with E-state index in [1.165, 1.54) is 0 Å². The Balaban J connectivity index is 1.83. The summed E-state index contributed by atoms with van der Waals surface area (Å²) in [6.45, 7) is 2.04. The summed E-state index contributed by atoms with van der Waals surface area (Å²) in [5.74, 6) is -0.186. The van der Waals surface area contributed by atoms with Gasteiger partial charge < -0.3 is 0 Å². The first kappa shape index (κ1) is 22.5. The molecule has 3 aromatic rings. The van der Waals surface area contributed by atoms with E-state index in [0.29, 0.717) is 5.02 Å². The van der Waals surface area contributed by atoms with Gasteiger partial charge in [0.05, 0.1) is 12.0 Å². The van der Waals surface area contributed by atoms with Crippen molar-refractivity contribution in [3.05, 3.63) is 105 Å². The lowest BCUT2D eigenvalue weighted by Crippen LogP contribution is -2.44. The van der Waals surface area contributed by atoms with E-state index in [-0.39, 0.29) is 17.9 Å². The van der Waals surface area contributed by atoms with Crippen LogP contribution in [-0.2, 0) is 11.2 Å². The van der Waals surface area contributed by atoms with Gasteiger partial charge in [0.15, 0.2) is 0 Å². The third-order valence-corrected chi connectivity index (χ3v) is 6.00. The fourth-order valence-electron chi connectivity index (χ4n) is 3.62. The first-order valence-electron chi connectivity index (χ1n) is 10.1. The van der Waals surface area contributed by atoms with E-state index in [4.69, 9.17) is 11.6 Å². The molecule has 1 amide bonds. The van der Waals surface area contributed by atoms with Crippen molar-refractivity contribution >= 4 is 33.4 Å². The van der Waals surface area contributed by atoms with Crippen molar-refractivity contribution in [2.45, 2.75) is 31.7 Å². The van der Waals surface area contributed by atoms with Crippen LogP contribution in [0.15, 0.2) is 83.3 Å². The lowest BCUT2D eigenvalue weighted by atomic mass is 9.95. The van der Waals surface area contributed by atoms with E-state index < -0.39 is 0 Å². The summed E-state index contributed by atoms with van der Waals surface area (Å²) in [4.78, 5) is 13.1. The zero-order valence-corrected chi connectivity index (χ0v) is 19.5. The summed E-state index contributed by atoms with van der Waals surface area (Å²) in [6, 6.07) is 26.0. The Morgan fingerprint density at radius 1 is 1.00 bits per heavy atom. The van der Waals surface area contributed by atoms with Crippen LogP contribution in [-0.4, -0.2) is 18.0 Å². The van der Waals surface area contributed by atoms with E-state index in [0.717, 1.165) is 34.0 Å². The van der Waals surface area contributed by atoms with Crippen molar-refractivity contribution < 1.29 is 4.79 Å². The third kappa shape index (κ3) is 5.94. The molecule has 0 saturated heterocycles. The van der Waals surface area contributed by atoms with Gasteiger partial charge in [-0.05, 0) is 53.8 Å². The summed E-state index contributed by atoms with van der Waals surface area (Å²) < 4.78 is 1.01. The molecule has 0 aliphatic heterocycles. The fraction of sp³-hybridized carbons (Fsp3) is 0.240. The number of halogens is 2. The molecule has 0 spiro atoms. The Morgan fingerprint density at radius 3 is 2.30 bits per heavy atom. The van der Waals surface area contributed by atoms with E-state index in [2.05, 4.69) is 33.5 Å². The first-order chi connectivity index (χ1) is 14.5. The van der Waals surface area contributed by atoms with Gasteiger partial charge in [-0.15, -0.1) is 0 Å². The Hall–Kier alpha value is -2.14. The fourth-order valence-corrected chi connectivity index (χ4v) is 4.17. The standard InChI is InChI=1S/C25H26BrClN2O/c1-3-23(19-8-5-4-6-9-19)25(30)28-29(2)24(20-10-7-11-21(26)17-20)16-18-12-14-22(27)15-13-18/h4-15,17,23-24H,3,16H2,1-2H3,(H,28,30)/t23-,24?/m0/s1. The summed E-state index contributed by atoms with van der Waals surface area (Å²) in [6.07, 6.45) is 1.48. The molecule has 0 aliphatic carbocycles. The number of nitrogens with zero attached hydrogens (tertiary/aromatic N) is 1. The van der Waals surface area contributed by atoms with Gasteiger partial charge in [0.25, 0.3) is 0 Å². The maximum Gasteiger partial charge on any atom is 0.241 e. The molecule has 5 heteroatoms. The zero-order valence-electron chi connectivity index (χ0n) is 17.2. The van der Waals surface area contributed by atoms with E-state index in [1.807, 2.05) is 85.7 Å². The van der Waals surface area contributed by atoms with E-state index >= 15 is 0 Å². The highest BCUT2D eigenvalue weighted by atomic mass is 79.9. The number of hydrazine groups is 1. The normalized spacial score (nSPS) is 13.1. The summed E-state index contributed by atoms with van der Waals surface area (Å²) in [7, 11) is 1.93. The lowest BCUT2D eigenvalue weighted by Gasteiger charge is -2.30. The number of carbonyl (C=O) groups is 1. The molecule has 0 bridgehead atoms. The van der Waals surface area contributed by atoms with Crippen molar-refractivity contribution in [1.82, 2.24) is 10.4 Å². The second kappa shape index (κ2) is 10.8. The largest absolute Gasteiger partial charge is 0.288 e. The van der Waals surface area contributed by atoms with Gasteiger partial charge in [-0.1, -0.05) is 89.1 Å². The van der Waals surface area contributed by atoms with Gasteiger partial charge >= 0.3 is 0 Å². The van der Waals surface area contributed by atoms with Gasteiger partial charge in [0, 0.05) is 16.5 Å². The topological polar surface area (TPSA) is 32.3 Å². The quantitative estimate of drug-likeness (QED) is 0.367. The summed E-state index contributed by atoms with van der Waals surface area (Å²) in [5, 5.41) is 2.64. The van der Waals surface area contributed by atoms with Crippen molar-refractivity contribution in [3.8, 4) is 0 Å². The van der Waals surface area contributed by atoms with Crippen molar-refractivity contribution in [2.24, 2.45) is 0 Å². The molecule has 3 aromatic carbocycles. The average molecular weight is 486 g/mol. The molecule has 3 rings (SSSR count). The van der Waals surface area contributed by atoms with Crippen LogP contribution >= 0.6 is 27.5 Å².